The lowest BCUT2D eigenvalue weighted by molar-refractivity contribution is -0.386. The predicted octanol–water partition coefficient (Wildman–Crippen LogP) is 3.43. The highest BCUT2D eigenvalue weighted by atomic mass is 35.5. The third kappa shape index (κ3) is 2.36. The molecule has 0 spiro atoms. The molecule has 23 heavy (non-hydrogen) atoms. The number of nitro benzene ring substituents is 1. The first-order valence-electron chi connectivity index (χ1n) is 6.32. The summed E-state index contributed by atoms with van der Waals surface area (Å²) in [5, 5.41) is 30.4. The van der Waals surface area contributed by atoms with E-state index < -0.39 is 27.5 Å². The first-order chi connectivity index (χ1) is 10.9. The molecule has 7 nitrogen and oxygen atoms in total. The third-order valence-electron chi connectivity index (χ3n) is 3.27. The highest BCUT2D eigenvalue weighted by molar-refractivity contribution is 6.33. The number of hydrogen-bond acceptors (Lipinski definition) is 6. The van der Waals surface area contributed by atoms with Crippen LogP contribution in [0.25, 0.3) is 22.3 Å². The quantitative estimate of drug-likeness (QED) is 0.548. The van der Waals surface area contributed by atoms with E-state index in [-0.39, 0.29) is 16.7 Å². The summed E-state index contributed by atoms with van der Waals surface area (Å²) in [6.07, 6.45) is 0. The van der Waals surface area contributed by atoms with Gasteiger partial charge in [0.25, 0.3) is 0 Å². The molecule has 0 aliphatic rings. The van der Waals surface area contributed by atoms with Crippen LogP contribution in [0.15, 0.2) is 45.6 Å². The van der Waals surface area contributed by atoms with Crippen LogP contribution < -0.4 is 5.43 Å². The van der Waals surface area contributed by atoms with E-state index in [9.17, 15) is 25.1 Å². The Hall–Kier alpha value is -3.06. The van der Waals surface area contributed by atoms with Crippen LogP contribution in [0.5, 0.6) is 11.5 Å². The van der Waals surface area contributed by atoms with Gasteiger partial charge in [0.1, 0.15) is 16.7 Å². The molecule has 1 aromatic heterocycles. The smallest absolute Gasteiger partial charge is 0.352 e. The Morgan fingerprint density at radius 1 is 1.17 bits per heavy atom. The summed E-state index contributed by atoms with van der Waals surface area (Å²) in [5.41, 5.74) is -1.39. The molecule has 116 valence electrons. The summed E-state index contributed by atoms with van der Waals surface area (Å²) >= 11 is 6.04. The molecule has 0 saturated carbocycles. The highest BCUT2D eigenvalue weighted by Gasteiger charge is 2.26. The van der Waals surface area contributed by atoms with Gasteiger partial charge in [-0.1, -0.05) is 23.7 Å². The second-order valence-corrected chi connectivity index (χ2v) is 5.09. The molecule has 0 fully saturated rings. The second-order valence-electron chi connectivity index (χ2n) is 4.68. The molecular weight excluding hydrogens is 326 g/mol. The largest absolute Gasteiger partial charge is 0.502 e. The van der Waals surface area contributed by atoms with Crippen LogP contribution in [0.1, 0.15) is 0 Å². The fraction of sp³-hybridized carbons (Fsp3) is 0. The van der Waals surface area contributed by atoms with Gasteiger partial charge >= 0.3 is 5.69 Å². The van der Waals surface area contributed by atoms with Crippen LogP contribution >= 0.6 is 11.6 Å². The van der Waals surface area contributed by atoms with Crippen LogP contribution in [0.4, 0.5) is 5.69 Å². The van der Waals surface area contributed by atoms with E-state index in [0.29, 0.717) is 10.6 Å². The number of halogens is 1. The molecule has 3 aromatic rings. The van der Waals surface area contributed by atoms with Crippen molar-refractivity contribution in [1.29, 1.82) is 0 Å². The number of fused-ring (bicyclic) bond motifs is 1. The van der Waals surface area contributed by atoms with Crippen molar-refractivity contribution in [3.63, 3.8) is 0 Å². The van der Waals surface area contributed by atoms with Crippen LogP contribution in [-0.4, -0.2) is 15.1 Å². The molecule has 8 heteroatoms. The molecule has 0 saturated heterocycles. The molecule has 1 heterocycles. The number of nitrogens with zero attached hydrogens (tertiary/aromatic N) is 1. The number of nitro groups is 1. The monoisotopic (exact) mass is 333 g/mol. The Labute approximate surface area is 133 Å². The average Bonchev–Trinajstić information content (AvgIpc) is 2.46. The van der Waals surface area contributed by atoms with E-state index in [1.807, 2.05) is 0 Å². The zero-order valence-electron chi connectivity index (χ0n) is 11.3. The number of hydrogen-bond donors (Lipinski definition) is 2. The maximum Gasteiger partial charge on any atom is 0.352 e. The van der Waals surface area contributed by atoms with E-state index in [4.69, 9.17) is 16.0 Å². The maximum absolute atomic E-state index is 12.2. The molecule has 2 aromatic carbocycles. The summed E-state index contributed by atoms with van der Waals surface area (Å²) in [7, 11) is 0. The zero-order valence-corrected chi connectivity index (χ0v) is 12.1. The Balaban J connectivity index is 2.37. The van der Waals surface area contributed by atoms with Crippen molar-refractivity contribution in [3.8, 4) is 22.8 Å². The Kier molecular flexibility index (Phi) is 3.42. The van der Waals surface area contributed by atoms with Gasteiger partial charge in [0.2, 0.25) is 11.5 Å². The Bertz CT molecular complexity index is 1010. The summed E-state index contributed by atoms with van der Waals surface area (Å²) in [6, 6.07) is 8.60. The molecular formula is C15H8ClNO6. The van der Waals surface area contributed by atoms with Crippen LogP contribution in [0.3, 0.4) is 0 Å². The molecule has 0 aliphatic heterocycles. The van der Waals surface area contributed by atoms with Crippen LogP contribution in [0, 0.1) is 10.1 Å². The van der Waals surface area contributed by atoms with Crippen molar-refractivity contribution in [2.24, 2.45) is 0 Å². The lowest BCUT2D eigenvalue weighted by atomic mass is 10.1. The summed E-state index contributed by atoms with van der Waals surface area (Å²) < 4.78 is 5.48. The van der Waals surface area contributed by atoms with E-state index in [1.165, 1.54) is 0 Å². The second kappa shape index (κ2) is 5.29. The molecule has 3 rings (SSSR count). The van der Waals surface area contributed by atoms with Crippen molar-refractivity contribution in [3.05, 3.63) is 61.8 Å². The number of aromatic hydroxyl groups is 2. The fourth-order valence-electron chi connectivity index (χ4n) is 2.25. The molecule has 0 amide bonds. The number of rotatable bonds is 2. The predicted molar refractivity (Wildman–Crippen MR) is 82.9 cm³/mol. The van der Waals surface area contributed by atoms with Crippen molar-refractivity contribution in [2.45, 2.75) is 0 Å². The van der Waals surface area contributed by atoms with Gasteiger partial charge in [-0.15, -0.1) is 0 Å². The van der Waals surface area contributed by atoms with E-state index >= 15 is 0 Å². The SMILES string of the molecule is O=c1cc(-c2ccccc2Cl)oc2cc(O)c([N+](=O)[O-])c(O)c12. The number of benzene rings is 2. The van der Waals surface area contributed by atoms with E-state index in [0.717, 1.165) is 12.1 Å². The molecule has 0 atom stereocenters. The van der Waals surface area contributed by atoms with Gasteiger partial charge in [0.15, 0.2) is 5.43 Å². The van der Waals surface area contributed by atoms with Crippen LogP contribution in [0.2, 0.25) is 5.02 Å². The molecule has 2 N–H and O–H groups in total. The van der Waals surface area contributed by atoms with Crippen molar-refractivity contribution in [1.82, 2.24) is 0 Å². The molecule has 0 aliphatic carbocycles. The van der Waals surface area contributed by atoms with Gasteiger partial charge in [-0.05, 0) is 12.1 Å². The molecule has 0 unspecified atom stereocenters. The standard InChI is InChI=1S/C15H8ClNO6/c16-8-4-2-1-3-7(8)11-5-9(18)13-12(23-11)6-10(19)14(15(13)20)17(21)22/h1-6,19-20H. The summed E-state index contributed by atoms with van der Waals surface area (Å²) in [5.74, 6) is -1.63. The highest BCUT2D eigenvalue weighted by Crippen LogP contribution is 2.41. The third-order valence-corrected chi connectivity index (χ3v) is 3.60. The Morgan fingerprint density at radius 3 is 2.52 bits per heavy atom. The topological polar surface area (TPSA) is 114 Å². The van der Waals surface area contributed by atoms with Gasteiger partial charge < -0.3 is 14.6 Å². The van der Waals surface area contributed by atoms with E-state index in [2.05, 4.69) is 0 Å². The minimum Gasteiger partial charge on any atom is -0.502 e. The van der Waals surface area contributed by atoms with Gasteiger partial charge in [-0.3, -0.25) is 14.9 Å². The minimum atomic E-state index is -0.981. The minimum absolute atomic E-state index is 0.112. The number of phenolic OH excluding ortho intramolecular Hbond substituents is 2. The summed E-state index contributed by atoms with van der Waals surface area (Å²) in [6.45, 7) is 0. The Morgan fingerprint density at radius 2 is 1.87 bits per heavy atom. The first kappa shape index (κ1) is 14.9. The van der Waals surface area contributed by atoms with Crippen molar-refractivity contribution < 1.29 is 19.6 Å². The van der Waals surface area contributed by atoms with Gasteiger partial charge in [0.05, 0.1) is 9.95 Å². The van der Waals surface area contributed by atoms with E-state index in [1.54, 1.807) is 24.3 Å². The normalized spacial score (nSPS) is 10.8. The van der Waals surface area contributed by atoms with Gasteiger partial charge in [0, 0.05) is 17.7 Å². The summed E-state index contributed by atoms with van der Waals surface area (Å²) in [4.78, 5) is 22.1. The molecule has 0 bridgehead atoms. The maximum atomic E-state index is 12.2. The fourth-order valence-corrected chi connectivity index (χ4v) is 2.48. The van der Waals surface area contributed by atoms with Crippen molar-refractivity contribution >= 4 is 28.3 Å². The lowest BCUT2D eigenvalue weighted by Gasteiger charge is -2.07. The van der Waals surface area contributed by atoms with Crippen molar-refractivity contribution in [2.75, 3.05) is 0 Å². The molecule has 0 radical (unpaired) electrons. The zero-order chi connectivity index (χ0) is 16.7. The van der Waals surface area contributed by atoms with Gasteiger partial charge in [-0.2, -0.15) is 0 Å². The number of phenols is 2. The first-order valence-corrected chi connectivity index (χ1v) is 6.70. The van der Waals surface area contributed by atoms with Crippen LogP contribution in [-0.2, 0) is 0 Å². The van der Waals surface area contributed by atoms with Gasteiger partial charge in [-0.25, -0.2) is 0 Å². The lowest BCUT2D eigenvalue weighted by Crippen LogP contribution is -2.02. The average molecular weight is 334 g/mol.